The van der Waals surface area contributed by atoms with Gasteiger partial charge in [-0.2, -0.15) is 0 Å². The summed E-state index contributed by atoms with van der Waals surface area (Å²) in [4.78, 5) is 25.3. The Morgan fingerprint density at radius 3 is 2.54 bits per heavy atom. The highest BCUT2D eigenvalue weighted by Gasteiger charge is 2.42. The first kappa shape index (κ1) is 18.4. The van der Waals surface area contributed by atoms with Crippen LogP contribution in [0.5, 0.6) is 0 Å². The maximum absolute atomic E-state index is 12.6. The average molecular weight is 354 g/mol. The molecule has 1 atom stereocenters. The second kappa shape index (κ2) is 6.52. The molecule has 0 saturated carbocycles. The largest absolute Gasteiger partial charge is 0.481 e. The summed E-state index contributed by atoms with van der Waals surface area (Å²) in [5, 5.41) is 9.25. The molecule has 0 aliphatic carbocycles. The maximum Gasteiger partial charge on any atom is 0.311 e. The van der Waals surface area contributed by atoms with Gasteiger partial charge in [-0.1, -0.05) is 6.07 Å². The molecule has 24 heavy (non-hydrogen) atoms. The van der Waals surface area contributed by atoms with Gasteiger partial charge in [0.1, 0.15) is 0 Å². The number of carbonyl (C=O) groups excluding carboxylic acids is 1. The van der Waals surface area contributed by atoms with Gasteiger partial charge in [0.2, 0.25) is 10.0 Å². The summed E-state index contributed by atoms with van der Waals surface area (Å²) in [5.74, 6) is -1.29. The van der Waals surface area contributed by atoms with Crippen LogP contribution < -0.4 is 4.72 Å². The van der Waals surface area contributed by atoms with E-state index in [2.05, 4.69) is 4.72 Å². The third kappa shape index (κ3) is 3.76. The first-order chi connectivity index (χ1) is 11.0. The zero-order valence-electron chi connectivity index (χ0n) is 13.9. The second-order valence-corrected chi connectivity index (χ2v) is 8.36. The summed E-state index contributed by atoms with van der Waals surface area (Å²) in [6, 6.07) is 5.53. The summed E-state index contributed by atoms with van der Waals surface area (Å²) in [6.45, 7) is 5.48. The van der Waals surface area contributed by atoms with E-state index < -0.39 is 21.4 Å². The molecule has 7 nitrogen and oxygen atoms in total. The predicted octanol–water partition coefficient (Wildman–Crippen LogP) is 1.31. The van der Waals surface area contributed by atoms with E-state index in [0.717, 1.165) is 0 Å². The Labute approximate surface area is 141 Å². The van der Waals surface area contributed by atoms with Crippen LogP contribution in [0.25, 0.3) is 0 Å². The van der Waals surface area contributed by atoms with Gasteiger partial charge in [0.05, 0.1) is 10.3 Å². The molecule has 1 heterocycles. The summed E-state index contributed by atoms with van der Waals surface area (Å²) in [5.41, 5.74) is -0.727. The van der Waals surface area contributed by atoms with E-state index in [1.165, 1.54) is 29.2 Å². The fourth-order valence-electron chi connectivity index (χ4n) is 2.67. The van der Waals surface area contributed by atoms with E-state index in [-0.39, 0.29) is 29.0 Å². The number of aliphatic carboxylic acids is 1. The number of sulfonamides is 1. The van der Waals surface area contributed by atoms with Gasteiger partial charge in [0, 0.05) is 24.7 Å². The number of amides is 1. The van der Waals surface area contributed by atoms with Crippen molar-refractivity contribution in [1.29, 1.82) is 0 Å². The summed E-state index contributed by atoms with van der Waals surface area (Å²) in [6.07, 6.45) is 0.376. The minimum Gasteiger partial charge on any atom is -0.481 e. The zero-order valence-corrected chi connectivity index (χ0v) is 14.8. The lowest BCUT2D eigenvalue weighted by Crippen LogP contribution is -2.35. The Kier molecular flexibility index (Phi) is 5.00. The Morgan fingerprint density at radius 2 is 2.00 bits per heavy atom. The highest BCUT2D eigenvalue weighted by molar-refractivity contribution is 7.89. The van der Waals surface area contributed by atoms with Gasteiger partial charge in [-0.05, 0) is 45.4 Å². The van der Waals surface area contributed by atoms with Crippen molar-refractivity contribution >= 4 is 21.9 Å². The molecule has 2 N–H and O–H groups in total. The van der Waals surface area contributed by atoms with Gasteiger partial charge < -0.3 is 10.0 Å². The molecule has 1 aliphatic heterocycles. The summed E-state index contributed by atoms with van der Waals surface area (Å²) in [7, 11) is -3.69. The van der Waals surface area contributed by atoms with Crippen LogP contribution in [-0.2, 0) is 14.8 Å². The van der Waals surface area contributed by atoms with Crippen LogP contribution >= 0.6 is 0 Å². The fourth-order valence-corrected chi connectivity index (χ4v) is 3.96. The van der Waals surface area contributed by atoms with Crippen LogP contribution in [0.2, 0.25) is 0 Å². The molecule has 0 bridgehead atoms. The summed E-state index contributed by atoms with van der Waals surface area (Å²) >= 11 is 0. The van der Waals surface area contributed by atoms with Crippen LogP contribution in [0.15, 0.2) is 29.2 Å². The maximum atomic E-state index is 12.6. The SMILES string of the molecule is CC(C)NS(=O)(=O)c1cccc(C(=O)N2CCC(C)(C(=O)O)C2)c1. The topological polar surface area (TPSA) is 104 Å². The fraction of sp³-hybridized carbons (Fsp3) is 0.500. The molecule has 2 rings (SSSR count). The van der Waals surface area contributed by atoms with Crippen molar-refractivity contribution in [2.24, 2.45) is 5.41 Å². The molecule has 1 fully saturated rings. The molecule has 132 valence electrons. The highest BCUT2D eigenvalue weighted by atomic mass is 32.2. The number of nitrogens with zero attached hydrogens (tertiary/aromatic N) is 1. The Hall–Kier alpha value is -1.93. The normalized spacial score (nSPS) is 21.2. The number of hydrogen-bond acceptors (Lipinski definition) is 4. The molecule has 1 aromatic carbocycles. The number of carboxylic acids is 1. The third-order valence-electron chi connectivity index (χ3n) is 4.06. The second-order valence-electron chi connectivity index (χ2n) is 6.65. The number of hydrogen-bond donors (Lipinski definition) is 2. The molecule has 8 heteroatoms. The van der Waals surface area contributed by atoms with E-state index in [1.54, 1.807) is 20.8 Å². The smallest absolute Gasteiger partial charge is 0.311 e. The van der Waals surface area contributed by atoms with Crippen molar-refractivity contribution < 1.29 is 23.1 Å². The Bertz CT molecular complexity index is 759. The molecule has 1 aromatic rings. The molecule has 0 radical (unpaired) electrons. The van der Waals surface area contributed by atoms with E-state index in [0.29, 0.717) is 13.0 Å². The molecule has 1 aliphatic rings. The van der Waals surface area contributed by atoms with Crippen molar-refractivity contribution in [1.82, 2.24) is 9.62 Å². The van der Waals surface area contributed by atoms with E-state index in [9.17, 15) is 23.1 Å². The third-order valence-corrected chi connectivity index (χ3v) is 5.72. The van der Waals surface area contributed by atoms with Crippen LogP contribution in [0, 0.1) is 5.41 Å². The number of nitrogens with one attached hydrogen (secondary N) is 1. The monoisotopic (exact) mass is 354 g/mol. The van der Waals surface area contributed by atoms with Crippen LogP contribution in [0.1, 0.15) is 37.6 Å². The number of benzene rings is 1. The first-order valence-electron chi connectivity index (χ1n) is 7.70. The lowest BCUT2D eigenvalue weighted by Gasteiger charge is -2.20. The van der Waals surface area contributed by atoms with Gasteiger partial charge >= 0.3 is 5.97 Å². The number of likely N-dealkylation sites (tertiary alicyclic amines) is 1. The van der Waals surface area contributed by atoms with Gasteiger partial charge in [0.15, 0.2) is 0 Å². The number of rotatable bonds is 5. The van der Waals surface area contributed by atoms with E-state index in [1.807, 2.05) is 0 Å². The van der Waals surface area contributed by atoms with Crippen molar-refractivity contribution in [2.45, 2.75) is 38.1 Å². The Morgan fingerprint density at radius 1 is 1.33 bits per heavy atom. The van der Waals surface area contributed by atoms with Gasteiger partial charge in [-0.25, -0.2) is 13.1 Å². The minimum atomic E-state index is -3.69. The zero-order chi connectivity index (χ0) is 18.1. The van der Waals surface area contributed by atoms with Gasteiger partial charge in [-0.15, -0.1) is 0 Å². The minimum absolute atomic E-state index is 0.0160. The van der Waals surface area contributed by atoms with Crippen molar-refractivity contribution in [2.75, 3.05) is 13.1 Å². The Balaban J connectivity index is 2.23. The van der Waals surface area contributed by atoms with Crippen LogP contribution in [0.4, 0.5) is 0 Å². The highest BCUT2D eigenvalue weighted by Crippen LogP contribution is 2.31. The summed E-state index contributed by atoms with van der Waals surface area (Å²) < 4.78 is 26.9. The molecular weight excluding hydrogens is 332 g/mol. The standard InChI is InChI=1S/C16H22N2O5S/c1-11(2)17-24(22,23)13-6-4-5-12(9-13)14(19)18-8-7-16(3,10-18)15(20)21/h4-6,9,11,17H,7-8,10H2,1-3H3,(H,20,21). The molecule has 1 unspecified atom stereocenters. The first-order valence-corrected chi connectivity index (χ1v) is 9.18. The number of carboxylic acid groups (broad SMARTS) is 1. The van der Waals surface area contributed by atoms with Crippen molar-refractivity contribution in [3.05, 3.63) is 29.8 Å². The van der Waals surface area contributed by atoms with Crippen LogP contribution in [0.3, 0.4) is 0 Å². The van der Waals surface area contributed by atoms with Crippen molar-refractivity contribution in [3.63, 3.8) is 0 Å². The average Bonchev–Trinajstić information content (AvgIpc) is 2.89. The van der Waals surface area contributed by atoms with Gasteiger partial charge in [0.25, 0.3) is 5.91 Å². The number of carbonyl (C=O) groups is 2. The molecule has 0 spiro atoms. The molecular formula is C16H22N2O5S. The van der Waals surface area contributed by atoms with E-state index in [4.69, 9.17) is 0 Å². The van der Waals surface area contributed by atoms with Gasteiger partial charge in [-0.3, -0.25) is 9.59 Å². The predicted molar refractivity (Wildman–Crippen MR) is 88.2 cm³/mol. The van der Waals surface area contributed by atoms with Crippen LogP contribution in [-0.4, -0.2) is 49.4 Å². The quantitative estimate of drug-likeness (QED) is 0.830. The lowest BCUT2D eigenvalue weighted by atomic mass is 9.90. The van der Waals surface area contributed by atoms with Crippen molar-refractivity contribution in [3.8, 4) is 0 Å². The molecule has 1 saturated heterocycles. The van der Waals surface area contributed by atoms with E-state index >= 15 is 0 Å². The lowest BCUT2D eigenvalue weighted by molar-refractivity contribution is -0.147. The molecule has 0 aromatic heterocycles. The molecule has 1 amide bonds.